The first-order chi connectivity index (χ1) is 9.31. The van der Waals surface area contributed by atoms with Gasteiger partial charge in [-0.25, -0.2) is 0 Å². The summed E-state index contributed by atoms with van der Waals surface area (Å²) in [5.74, 6) is 6.27. The summed E-state index contributed by atoms with van der Waals surface area (Å²) in [5.41, 5.74) is 8.32. The lowest BCUT2D eigenvalue weighted by Crippen LogP contribution is -2.32. The van der Waals surface area contributed by atoms with E-state index in [0.29, 0.717) is 5.92 Å². The van der Waals surface area contributed by atoms with Crippen LogP contribution in [0, 0.1) is 6.92 Å². The van der Waals surface area contributed by atoms with Crippen LogP contribution in [0.1, 0.15) is 40.6 Å². The second-order valence-corrected chi connectivity index (χ2v) is 5.22. The van der Waals surface area contributed by atoms with Gasteiger partial charge in [0.25, 0.3) is 0 Å². The Labute approximate surface area is 113 Å². The molecular weight excluding hydrogens is 234 g/mol. The van der Waals surface area contributed by atoms with Gasteiger partial charge in [0, 0.05) is 18.3 Å². The highest BCUT2D eigenvalue weighted by molar-refractivity contribution is 5.39. The number of nitrogens with one attached hydrogen (secondary N) is 1. The first kappa shape index (κ1) is 12.3. The number of rotatable bonds is 3. The third-order valence-electron chi connectivity index (χ3n) is 4.18. The van der Waals surface area contributed by atoms with Crippen LogP contribution in [0.2, 0.25) is 0 Å². The van der Waals surface area contributed by atoms with Gasteiger partial charge in [-0.1, -0.05) is 24.3 Å². The van der Waals surface area contributed by atoms with E-state index in [1.165, 1.54) is 22.3 Å². The fourth-order valence-electron chi connectivity index (χ4n) is 3.16. The van der Waals surface area contributed by atoms with Crippen molar-refractivity contribution in [1.82, 2.24) is 10.4 Å². The molecule has 2 aromatic rings. The number of hydrazine groups is 1. The Morgan fingerprint density at radius 3 is 2.95 bits per heavy atom. The fraction of sp³-hybridized carbons (Fsp3) is 0.312. The SMILES string of the molecule is Cc1ccncc1C(NN)C1CCc2ccccc21. The Kier molecular flexibility index (Phi) is 3.32. The molecule has 0 bridgehead atoms. The van der Waals surface area contributed by atoms with Crippen LogP contribution >= 0.6 is 0 Å². The summed E-state index contributed by atoms with van der Waals surface area (Å²) in [6.07, 6.45) is 6.04. The highest BCUT2D eigenvalue weighted by Crippen LogP contribution is 2.41. The van der Waals surface area contributed by atoms with Crippen LogP contribution in [0.5, 0.6) is 0 Å². The number of hydrogen-bond acceptors (Lipinski definition) is 3. The van der Waals surface area contributed by atoms with E-state index in [0.717, 1.165) is 12.8 Å². The normalized spacial score (nSPS) is 19.2. The molecule has 3 nitrogen and oxygen atoms in total. The molecule has 2 atom stereocenters. The highest BCUT2D eigenvalue weighted by atomic mass is 15.2. The number of aryl methyl sites for hydroxylation is 2. The summed E-state index contributed by atoms with van der Waals surface area (Å²) in [5, 5.41) is 0. The molecule has 3 heteroatoms. The zero-order valence-corrected chi connectivity index (χ0v) is 11.1. The molecular formula is C16H19N3. The van der Waals surface area contributed by atoms with Crippen LogP contribution in [0.4, 0.5) is 0 Å². The lowest BCUT2D eigenvalue weighted by molar-refractivity contribution is 0.450. The van der Waals surface area contributed by atoms with Gasteiger partial charge < -0.3 is 0 Å². The molecule has 1 aliphatic carbocycles. The third kappa shape index (κ3) is 2.15. The Morgan fingerprint density at radius 1 is 1.32 bits per heavy atom. The molecule has 0 aliphatic heterocycles. The van der Waals surface area contributed by atoms with E-state index in [9.17, 15) is 0 Å². The molecule has 1 heterocycles. The molecule has 1 aromatic heterocycles. The van der Waals surface area contributed by atoms with Gasteiger partial charge >= 0.3 is 0 Å². The molecule has 98 valence electrons. The lowest BCUT2D eigenvalue weighted by Gasteiger charge is -2.25. The van der Waals surface area contributed by atoms with Crippen molar-refractivity contribution in [1.29, 1.82) is 0 Å². The molecule has 1 aliphatic rings. The molecule has 0 fully saturated rings. The fourth-order valence-corrected chi connectivity index (χ4v) is 3.16. The van der Waals surface area contributed by atoms with Crippen LogP contribution in [0.25, 0.3) is 0 Å². The first-order valence-corrected chi connectivity index (χ1v) is 6.75. The maximum atomic E-state index is 5.83. The van der Waals surface area contributed by atoms with Gasteiger partial charge in [0.1, 0.15) is 0 Å². The van der Waals surface area contributed by atoms with Crippen molar-refractivity contribution < 1.29 is 0 Å². The van der Waals surface area contributed by atoms with Gasteiger partial charge in [0.15, 0.2) is 0 Å². The molecule has 0 spiro atoms. The maximum absolute atomic E-state index is 5.83. The van der Waals surface area contributed by atoms with Crippen LogP contribution in [-0.2, 0) is 6.42 Å². The number of hydrogen-bond donors (Lipinski definition) is 2. The number of aromatic nitrogens is 1. The van der Waals surface area contributed by atoms with E-state index in [1.807, 2.05) is 18.5 Å². The van der Waals surface area contributed by atoms with Crippen molar-refractivity contribution in [2.75, 3.05) is 0 Å². The third-order valence-corrected chi connectivity index (χ3v) is 4.18. The molecule has 19 heavy (non-hydrogen) atoms. The zero-order valence-electron chi connectivity index (χ0n) is 11.1. The van der Waals surface area contributed by atoms with Gasteiger partial charge in [-0.05, 0) is 48.1 Å². The van der Waals surface area contributed by atoms with Crippen LogP contribution < -0.4 is 11.3 Å². The molecule has 3 rings (SSSR count). The van der Waals surface area contributed by atoms with E-state index in [-0.39, 0.29) is 6.04 Å². The van der Waals surface area contributed by atoms with Gasteiger partial charge in [-0.3, -0.25) is 16.3 Å². The first-order valence-electron chi connectivity index (χ1n) is 6.75. The average Bonchev–Trinajstić information content (AvgIpc) is 2.86. The minimum absolute atomic E-state index is 0.136. The largest absolute Gasteiger partial charge is 0.271 e. The molecule has 0 saturated heterocycles. The highest BCUT2D eigenvalue weighted by Gasteiger charge is 2.30. The molecule has 2 unspecified atom stereocenters. The van der Waals surface area contributed by atoms with Gasteiger partial charge in [0.2, 0.25) is 0 Å². The number of benzene rings is 1. The number of pyridine rings is 1. The number of fused-ring (bicyclic) bond motifs is 1. The molecule has 3 N–H and O–H groups in total. The minimum atomic E-state index is 0.136. The number of nitrogens with two attached hydrogens (primary N) is 1. The topological polar surface area (TPSA) is 50.9 Å². The van der Waals surface area contributed by atoms with Crippen molar-refractivity contribution in [2.24, 2.45) is 5.84 Å². The van der Waals surface area contributed by atoms with E-state index in [1.54, 1.807) is 0 Å². The summed E-state index contributed by atoms with van der Waals surface area (Å²) < 4.78 is 0. The molecule has 1 aromatic carbocycles. The van der Waals surface area contributed by atoms with Crippen molar-refractivity contribution >= 4 is 0 Å². The van der Waals surface area contributed by atoms with E-state index in [2.05, 4.69) is 41.6 Å². The summed E-state index contributed by atoms with van der Waals surface area (Å²) in [7, 11) is 0. The van der Waals surface area contributed by atoms with Crippen LogP contribution in [0.15, 0.2) is 42.7 Å². The molecule has 0 radical (unpaired) electrons. The Bertz CT molecular complexity index is 580. The van der Waals surface area contributed by atoms with Gasteiger partial charge in [-0.2, -0.15) is 0 Å². The summed E-state index contributed by atoms with van der Waals surface area (Å²) in [4.78, 5) is 4.25. The van der Waals surface area contributed by atoms with E-state index >= 15 is 0 Å². The molecule has 0 amide bonds. The van der Waals surface area contributed by atoms with Crippen molar-refractivity contribution in [2.45, 2.75) is 31.7 Å². The summed E-state index contributed by atoms with van der Waals surface area (Å²) in [6, 6.07) is 10.8. The number of nitrogens with zero attached hydrogens (tertiary/aromatic N) is 1. The van der Waals surface area contributed by atoms with Crippen LogP contribution in [0.3, 0.4) is 0 Å². The van der Waals surface area contributed by atoms with Gasteiger partial charge in [-0.15, -0.1) is 0 Å². The van der Waals surface area contributed by atoms with Crippen LogP contribution in [-0.4, -0.2) is 4.98 Å². The van der Waals surface area contributed by atoms with E-state index < -0.39 is 0 Å². The van der Waals surface area contributed by atoms with Crippen molar-refractivity contribution in [3.8, 4) is 0 Å². The standard InChI is InChI=1S/C16H19N3/c1-11-8-9-18-10-15(11)16(19-17)14-7-6-12-4-2-3-5-13(12)14/h2-5,8-10,14,16,19H,6-7,17H2,1H3. The lowest BCUT2D eigenvalue weighted by atomic mass is 9.87. The quantitative estimate of drug-likeness (QED) is 0.653. The van der Waals surface area contributed by atoms with Gasteiger partial charge in [0.05, 0.1) is 6.04 Å². The Balaban J connectivity index is 1.99. The second kappa shape index (κ2) is 5.11. The second-order valence-electron chi connectivity index (χ2n) is 5.22. The molecule has 0 saturated carbocycles. The van der Waals surface area contributed by atoms with Crippen molar-refractivity contribution in [3.05, 3.63) is 65.0 Å². The smallest absolute Gasteiger partial charge is 0.0546 e. The predicted molar refractivity (Wildman–Crippen MR) is 76.5 cm³/mol. The van der Waals surface area contributed by atoms with Crippen molar-refractivity contribution in [3.63, 3.8) is 0 Å². The predicted octanol–water partition coefficient (Wildman–Crippen LogP) is 2.62. The summed E-state index contributed by atoms with van der Waals surface area (Å²) in [6.45, 7) is 2.11. The Hall–Kier alpha value is -1.71. The van der Waals surface area contributed by atoms with E-state index in [4.69, 9.17) is 5.84 Å². The average molecular weight is 253 g/mol. The minimum Gasteiger partial charge on any atom is -0.271 e. The maximum Gasteiger partial charge on any atom is 0.0546 e. The zero-order chi connectivity index (χ0) is 13.2. The monoisotopic (exact) mass is 253 g/mol. The summed E-state index contributed by atoms with van der Waals surface area (Å²) >= 11 is 0. The Morgan fingerprint density at radius 2 is 2.16 bits per heavy atom.